The third kappa shape index (κ3) is 7.65. The Labute approximate surface area is 194 Å². The van der Waals surface area contributed by atoms with Crippen LogP contribution in [0.2, 0.25) is 0 Å². The quantitative estimate of drug-likeness (QED) is 0.448. The number of nitriles is 1. The molecule has 0 saturated heterocycles. The van der Waals surface area contributed by atoms with Crippen LogP contribution in [0.15, 0.2) is 72.8 Å². The SMILES string of the molecule is C#CCOc1ccc(CCNC(=O)Nc2ccccc2COc2ccc(CC#N)cc2)cc1. The molecule has 3 aromatic rings. The normalized spacial score (nSPS) is 9.88. The molecule has 3 rings (SSSR count). The molecule has 0 aliphatic rings. The number of anilines is 1. The Kier molecular flexibility index (Phi) is 8.76. The summed E-state index contributed by atoms with van der Waals surface area (Å²) in [6.45, 7) is 1.04. The van der Waals surface area contributed by atoms with Gasteiger partial charge in [-0.25, -0.2) is 4.79 Å². The second-order valence-corrected chi connectivity index (χ2v) is 7.19. The molecule has 0 heterocycles. The molecule has 0 spiro atoms. The third-order valence-electron chi connectivity index (χ3n) is 4.81. The maximum atomic E-state index is 12.4. The van der Waals surface area contributed by atoms with Crippen LogP contribution in [0.3, 0.4) is 0 Å². The largest absolute Gasteiger partial charge is 0.489 e. The number of para-hydroxylation sites is 1. The number of benzene rings is 3. The van der Waals surface area contributed by atoms with Crippen LogP contribution in [0.25, 0.3) is 0 Å². The van der Waals surface area contributed by atoms with Crippen molar-refractivity contribution >= 4 is 11.7 Å². The fourth-order valence-corrected chi connectivity index (χ4v) is 3.09. The van der Waals surface area contributed by atoms with E-state index in [1.165, 1.54) is 0 Å². The van der Waals surface area contributed by atoms with E-state index in [2.05, 4.69) is 22.6 Å². The number of amides is 2. The molecule has 0 saturated carbocycles. The van der Waals surface area contributed by atoms with Crippen LogP contribution in [0.5, 0.6) is 11.5 Å². The molecule has 0 aromatic heterocycles. The molecule has 0 fully saturated rings. The van der Waals surface area contributed by atoms with E-state index in [0.717, 1.165) is 22.4 Å². The van der Waals surface area contributed by atoms with Crippen LogP contribution in [0, 0.1) is 23.7 Å². The Morgan fingerprint density at radius 1 is 0.909 bits per heavy atom. The summed E-state index contributed by atoms with van der Waals surface area (Å²) in [7, 11) is 0. The molecule has 3 aromatic carbocycles. The molecule has 0 atom stereocenters. The van der Waals surface area contributed by atoms with E-state index >= 15 is 0 Å². The van der Waals surface area contributed by atoms with Gasteiger partial charge in [0.05, 0.1) is 12.5 Å². The van der Waals surface area contributed by atoms with E-state index in [-0.39, 0.29) is 12.6 Å². The van der Waals surface area contributed by atoms with Gasteiger partial charge in [-0.3, -0.25) is 0 Å². The first-order chi connectivity index (χ1) is 16.2. The van der Waals surface area contributed by atoms with E-state index in [4.69, 9.17) is 21.2 Å². The summed E-state index contributed by atoms with van der Waals surface area (Å²) in [6.07, 6.45) is 6.24. The lowest BCUT2D eigenvalue weighted by Gasteiger charge is -2.13. The minimum absolute atomic E-state index is 0.238. The van der Waals surface area contributed by atoms with Gasteiger partial charge < -0.3 is 20.1 Å². The second kappa shape index (κ2) is 12.4. The number of carbonyl (C=O) groups excluding carboxylic acids is 1. The fourth-order valence-electron chi connectivity index (χ4n) is 3.09. The first-order valence-electron chi connectivity index (χ1n) is 10.5. The number of terminal acetylenes is 1. The predicted molar refractivity (Wildman–Crippen MR) is 128 cm³/mol. The van der Waals surface area contributed by atoms with Crippen molar-refractivity contribution in [1.29, 1.82) is 5.26 Å². The number of ether oxygens (including phenoxy) is 2. The van der Waals surface area contributed by atoms with E-state index in [0.29, 0.717) is 37.4 Å². The molecule has 166 valence electrons. The molecule has 2 N–H and O–H groups in total. The average Bonchev–Trinajstić information content (AvgIpc) is 2.84. The summed E-state index contributed by atoms with van der Waals surface area (Å²) in [4.78, 5) is 12.4. The molecule has 0 aliphatic heterocycles. The van der Waals surface area contributed by atoms with E-state index < -0.39 is 0 Å². The van der Waals surface area contributed by atoms with Gasteiger partial charge in [0, 0.05) is 17.8 Å². The van der Waals surface area contributed by atoms with Gasteiger partial charge in [0.25, 0.3) is 0 Å². The lowest BCUT2D eigenvalue weighted by Crippen LogP contribution is -2.30. The Hall–Kier alpha value is -4.42. The first-order valence-corrected chi connectivity index (χ1v) is 10.5. The van der Waals surface area contributed by atoms with Gasteiger partial charge in [0.2, 0.25) is 0 Å². The van der Waals surface area contributed by atoms with Crippen LogP contribution < -0.4 is 20.1 Å². The number of nitrogens with zero attached hydrogens (tertiary/aromatic N) is 1. The number of carbonyl (C=O) groups is 1. The Bertz CT molecular complexity index is 1130. The van der Waals surface area contributed by atoms with Gasteiger partial charge in [0.15, 0.2) is 0 Å². The Morgan fingerprint density at radius 3 is 2.27 bits per heavy atom. The summed E-state index contributed by atoms with van der Waals surface area (Å²) in [5.74, 6) is 3.85. The summed E-state index contributed by atoms with van der Waals surface area (Å²) in [5, 5.41) is 14.5. The molecule has 6 nitrogen and oxygen atoms in total. The predicted octanol–water partition coefficient (Wildman–Crippen LogP) is 4.71. The van der Waals surface area contributed by atoms with Crippen molar-refractivity contribution in [3.8, 4) is 29.9 Å². The summed E-state index contributed by atoms with van der Waals surface area (Å²) in [5.41, 5.74) is 3.57. The number of rotatable bonds is 10. The van der Waals surface area contributed by atoms with E-state index in [9.17, 15) is 4.79 Å². The number of urea groups is 1. The molecular formula is C27H25N3O3. The molecule has 0 unspecified atom stereocenters. The first kappa shape index (κ1) is 23.2. The highest BCUT2D eigenvalue weighted by Gasteiger charge is 2.07. The number of hydrogen-bond acceptors (Lipinski definition) is 4. The van der Waals surface area contributed by atoms with Crippen LogP contribution in [0.1, 0.15) is 16.7 Å². The zero-order valence-electron chi connectivity index (χ0n) is 18.2. The van der Waals surface area contributed by atoms with Gasteiger partial charge >= 0.3 is 6.03 Å². The molecule has 2 amide bonds. The maximum Gasteiger partial charge on any atom is 0.319 e. The molecule has 0 aliphatic carbocycles. The summed E-state index contributed by atoms with van der Waals surface area (Å²) in [6, 6.07) is 24.4. The van der Waals surface area contributed by atoms with Crippen molar-refractivity contribution in [2.75, 3.05) is 18.5 Å². The molecule has 0 radical (unpaired) electrons. The van der Waals surface area contributed by atoms with Gasteiger partial charge in [-0.05, 0) is 47.9 Å². The van der Waals surface area contributed by atoms with E-state index in [1.807, 2.05) is 72.8 Å². The lowest BCUT2D eigenvalue weighted by atomic mass is 10.1. The van der Waals surface area contributed by atoms with Crippen LogP contribution in [-0.4, -0.2) is 19.2 Å². The highest BCUT2D eigenvalue weighted by Crippen LogP contribution is 2.19. The number of hydrogen-bond donors (Lipinski definition) is 2. The average molecular weight is 440 g/mol. The van der Waals surface area contributed by atoms with Gasteiger partial charge in [-0.2, -0.15) is 5.26 Å². The smallest absolute Gasteiger partial charge is 0.319 e. The molecular weight excluding hydrogens is 414 g/mol. The highest BCUT2D eigenvalue weighted by molar-refractivity contribution is 5.90. The maximum absolute atomic E-state index is 12.4. The van der Waals surface area contributed by atoms with Gasteiger partial charge in [-0.1, -0.05) is 48.4 Å². The zero-order chi connectivity index (χ0) is 23.3. The molecule has 0 bridgehead atoms. The monoisotopic (exact) mass is 439 g/mol. The van der Waals surface area contributed by atoms with Crippen molar-refractivity contribution in [2.24, 2.45) is 0 Å². The summed E-state index contributed by atoms with van der Waals surface area (Å²) < 4.78 is 11.2. The minimum atomic E-state index is -0.280. The van der Waals surface area contributed by atoms with Crippen LogP contribution >= 0.6 is 0 Å². The zero-order valence-corrected chi connectivity index (χ0v) is 18.2. The Morgan fingerprint density at radius 2 is 1.58 bits per heavy atom. The standard InChI is InChI=1S/C27H25N3O3/c1-2-19-32-24-11-9-22(10-12-24)16-18-29-27(31)30-26-6-4-3-5-23(26)20-33-25-13-7-21(8-14-25)15-17-28/h1,3-14H,15-16,18-20H2,(H2,29,30,31). The van der Waals surface area contributed by atoms with Crippen molar-refractivity contribution in [2.45, 2.75) is 19.4 Å². The third-order valence-corrected chi connectivity index (χ3v) is 4.81. The second-order valence-electron chi connectivity index (χ2n) is 7.19. The van der Waals surface area contributed by atoms with E-state index in [1.54, 1.807) is 0 Å². The van der Waals surface area contributed by atoms with Crippen LogP contribution in [-0.2, 0) is 19.4 Å². The van der Waals surface area contributed by atoms with Crippen molar-refractivity contribution < 1.29 is 14.3 Å². The number of nitrogens with one attached hydrogen (secondary N) is 2. The van der Waals surface area contributed by atoms with Gasteiger partial charge in [-0.15, -0.1) is 6.42 Å². The van der Waals surface area contributed by atoms with Crippen LogP contribution in [0.4, 0.5) is 10.5 Å². The van der Waals surface area contributed by atoms with Crippen molar-refractivity contribution in [3.63, 3.8) is 0 Å². The molecule has 33 heavy (non-hydrogen) atoms. The lowest BCUT2D eigenvalue weighted by molar-refractivity contribution is 0.252. The summed E-state index contributed by atoms with van der Waals surface area (Å²) >= 11 is 0. The minimum Gasteiger partial charge on any atom is -0.489 e. The fraction of sp³-hybridized carbons (Fsp3) is 0.185. The van der Waals surface area contributed by atoms with Crippen molar-refractivity contribution in [3.05, 3.63) is 89.5 Å². The highest BCUT2D eigenvalue weighted by atomic mass is 16.5. The molecule has 6 heteroatoms. The topological polar surface area (TPSA) is 83.4 Å². The van der Waals surface area contributed by atoms with Crippen molar-refractivity contribution in [1.82, 2.24) is 5.32 Å². The Balaban J connectivity index is 1.47. The van der Waals surface area contributed by atoms with Gasteiger partial charge in [0.1, 0.15) is 24.7 Å².